The maximum Gasteiger partial charge on any atom is 0.241 e. The van der Waals surface area contributed by atoms with Crippen LogP contribution in [0.1, 0.15) is 18.4 Å². The van der Waals surface area contributed by atoms with Crippen LogP contribution in [-0.2, 0) is 26.7 Å². The van der Waals surface area contributed by atoms with Crippen LogP contribution in [0.25, 0.3) is 16.9 Å². The minimum Gasteiger partial charge on any atom is -0.528 e. The van der Waals surface area contributed by atoms with E-state index in [9.17, 15) is 0 Å². The predicted molar refractivity (Wildman–Crippen MR) is 155 cm³/mol. The fraction of sp³-hybridized carbons (Fsp3) is 0.206. The van der Waals surface area contributed by atoms with Crippen LogP contribution in [0.15, 0.2) is 104 Å². The molecule has 0 N–H and O–H groups in total. The Morgan fingerprint density at radius 1 is 0.850 bits per heavy atom. The van der Waals surface area contributed by atoms with Crippen molar-refractivity contribution in [2.75, 3.05) is 24.5 Å². The predicted octanol–water partition coefficient (Wildman–Crippen LogP) is 5.74. The quantitative estimate of drug-likeness (QED) is 0.117. The number of aryl methyl sites for hydroxylation is 2. The first-order chi connectivity index (χ1) is 19.2. The van der Waals surface area contributed by atoms with Crippen molar-refractivity contribution in [1.82, 2.24) is 14.5 Å². The molecule has 1 aliphatic heterocycles. The minimum atomic E-state index is 0. The summed E-state index contributed by atoms with van der Waals surface area (Å²) >= 11 is 0. The van der Waals surface area contributed by atoms with Gasteiger partial charge in [0.2, 0.25) is 6.33 Å². The van der Waals surface area contributed by atoms with Gasteiger partial charge in [-0.1, -0.05) is 17.8 Å². The molecule has 5 aromatic rings. The molecule has 1 aliphatic rings. The smallest absolute Gasteiger partial charge is 0.241 e. The van der Waals surface area contributed by atoms with Crippen LogP contribution in [0.2, 0.25) is 0 Å². The standard InChI is InChI=1S/C22H23N4.C12H10N.Ir/c1-3-9-21(10-4-1)25-17-15-23(19-25)13-7-8-14-24-16-18-26(20-24)22-11-5-2-6-12-22;1-10-7-8-12(13-9-10)11-5-3-2-4-6-11;/h1-6,9,11,15,17,20H,7-8,13-14,16,18H2;2-5,7-9H,1H3;/q-3;-1;. The molecule has 3 aromatic carbocycles. The average molecular weight is 704 g/mol. The molecule has 0 unspecified atom stereocenters. The number of benzene rings is 3. The first-order valence-electron chi connectivity index (χ1n) is 13.4. The topological polar surface area (TPSA) is 28.2 Å². The van der Waals surface area contributed by atoms with Gasteiger partial charge < -0.3 is 23.9 Å². The second-order valence-corrected chi connectivity index (χ2v) is 9.51. The molecule has 6 rings (SSSR count). The number of anilines is 1. The van der Waals surface area contributed by atoms with Crippen molar-refractivity contribution in [2.24, 2.45) is 0 Å². The summed E-state index contributed by atoms with van der Waals surface area (Å²) in [7, 11) is 0. The van der Waals surface area contributed by atoms with Gasteiger partial charge in [0.05, 0.1) is 6.54 Å². The fourth-order valence-corrected chi connectivity index (χ4v) is 4.38. The van der Waals surface area contributed by atoms with Crippen LogP contribution >= 0.6 is 0 Å². The zero-order chi connectivity index (χ0) is 26.7. The third kappa shape index (κ3) is 8.46. The van der Waals surface area contributed by atoms with Gasteiger partial charge in [0.25, 0.3) is 0 Å². The maximum atomic E-state index is 4.32. The van der Waals surface area contributed by atoms with E-state index >= 15 is 0 Å². The van der Waals surface area contributed by atoms with Gasteiger partial charge in [-0.3, -0.25) is 0 Å². The molecule has 0 spiro atoms. The third-order valence-corrected chi connectivity index (χ3v) is 6.51. The number of hydrogen-bond acceptors (Lipinski definition) is 3. The number of rotatable bonds is 8. The molecule has 40 heavy (non-hydrogen) atoms. The Morgan fingerprint density at radius 2 is 1.62 bits per heavy atom. The van der Waals surface area contributed by atoms with Gasteiger partial charge >= 0.3 is 0 Å². The van der Waals surface area contributed by atoms with E-state index in [-0.39, 0.29) is 20.1 Å². The van der Waals surface area contributed by atoms with E-state index in [0.717, 1.165) is 55.2 Å². The summed E-state index contributed by atoms with van der Waals surface area (Å²) in [6, 6.07) is 37.7. The molecule has 0 aliphatic carbocycles. The number of hydrogen-bond donors (Lipinski definition) is 0. The Balaban J connectivity index is 0.000000223. The molecule has 0 bridgehead atoms. The molecule has 1 saturated heterocycles. The Hall–Kier alpha value is -3.57. The number of imidazole rings is 1. The number of nitrogens with zero attached hydrogens (tertiary/aromatic N) is 5. The van der Waals surface area contributed by atoms with E-state index in [2.05, 4.69) is 74.9 Å². The zero-order valence-electron chi connectivity index (χ0n) is 22.7. The van der Waals surface area contributed by atoms with Crippen LogP contribution in [0.5, 0.6) is 0 Å². The Labute approximate surface area is 252 Å². The van der Waals surface area contributed by atoms with Crippen LogP contribution in [-0.4, -0.2) is 34.1 Å². The molecule has 1 fully saturated rings. The van der Waals surface area contributed by atoms with Crippen LogP contribution in [0.3, 0.4) is 0 Å². The van der Waals surface area contributed by atoms with Gasteiger partial charge in [-0.25, -0.2) is 0 Å². The van der Waals surface area contributed by atoms with Gasteiger partial charge in [0.1, 0.15) is 0 Å². The molecule has 6 heteroatoms. The van der Waals surface area contributed by atoms with Crippen molar-refractivity contribution < 1.29 is 24.7 Å². The molecule has 2 aromatic heterocycles. The summed E-state index contributed by atoms with van der Waals surface area (Å²) in [5.74, 6) is 0. The van der Waals surface area contributed by atoms with E-state index in [4.69, 9.17) is 0 Å². The zero-order valence-corrected chi connectivity index (χ0v) is 25.1. The Bertz CT molecular complexity index is 1390. The van der Waals surface area contributed by atoms with Crippen molar-refractivity contribution in [2.45, 2.75) is 26.3 Å². The molecular weight excluding hydrogens is 671 g/mol. The second-order valence-electron chi connectivity index (χ2n) is 9.51. The van der Waals surface area contributed by atoms with Gasteiger partial charge in [-0.05, 0) is 50.7 Å². The second kappa shape index (κ2) is 15.3. The van der Waals surface area contributed by atoms with Crippen molar-refractivity contribution >= 4 is 5.69 Å². The maximum absolute atomic E-state index is 4.32. The van der Waals surface area contributed by atoms with Crippen molar-refractivity contribution in [3.05, 3.63) is 140 Å². The molecule has 207 valence electrons. The number of para-hydroxylation sites is 2. The summed E-state index contributed by atoms with van der Waals surface area (Å²) in [5, 5.41) is 0. The number of unbranched alkanes of at least 4 members (excludes halogenated alkanes) is 1. The first kappa shape index (κ1) is 29.4. The van der Waals surface area contributed by atoms with E-state index in [1.807, 2.05) is 90.6 Å². The van der Waals surface area contributed by atoms with Gasteiger partial charge in [0.15, 0.2) is 0 Å². The average Bonchev–Trinajstić information content (AvgIpc) is 3.68. The molecule has 5 nitrogen and oxygen atoms in total. The fourth-order valence-electron chi connectivity index (χ4n) is 4.38. The van der Waals surface area contributed by atoms with Gasteiger partial charge in [-0.2, -0.15) is 67.3 Å². The Kier molecular flexibility index (Phi) is 11.2. The summed E-state index contributed by atoms with van der Waals surface area (Å²) in [6.45, 7) is 8.47. The molecule has 0 atom stereocenters. The molecule has 1 radical (unpaired) electrons. The number of aromatic nitrogens is 3. The van der Waals surface area contributed by atoms with Crippen molar-refractivity contribution in [3.63, 3.8) is 0 Å². The van der Waals surface area contributed by atoms with E-state index in [1.54, 1.807) is 0 Å². The summed E-state index contributed by atoms with van der Waals surface area (Å²) in [4.78, 5) is 9.00. The van der Waals surface area contributed by atoms with Crippen LogP contribution < -0.4 is 9.47 Å². The monoisotopic (exact) mass is 704 g/mol. The summed E-state index contributed by atoms with van der Waals surface area (Å²) < 4.78 is 4.11. The Morgan fingerprint density at radius 3 is 2.33 bits per heavy atom. The van der Waals surface area contributed by atoms with E-state index in [1.165, 1.54) is 12.0 Å². The number of pyridine rings is 1. The summed E-state index contributed by atoms with van der Waals surface area (Å²) in [5.41, 5.74) is 5.38. The first-order valence-corrected chi connectivity index (χ1v) is 13.4. The molecular formula is C34H33IrN5-4. The van der Waals surface area contributed by atoms with Crippen LogP contribution in [0.4, 0.5) is 5.69 Å². The van der Waals surface area contributed by atoms with Crippen molar-refractivity contribution in [3.8, 4) is 16.9 Å². The van der Waals surface area contributed by atoms with E-state index < -0.39 is 0 Å². The molecule has 0 saturated carbocycles. The van der Waals surface area contributed by atoms with E-state index in [0.29, 0.717) is 0 Å². The van der Waals surface area contributed by atoms with Gasteiger partial charge in [-0.15, -0.1) is 41.6 Å². The summed E-state index contributed by atoms with van der Waals surface area (Å²) in [6.07, 6.45) is 11.7. The van der Waals surface area contributed by atoms with Crippen LogP contribution in [0, 0.1) is 38.1 Å². The SMILES string of the molecule is Cc1ccc(-c2[c-]cccc2)nc1.[Ir].[c-]1ccccc1N1[CH-]N(CCCCn2[c-][n+](-c3[c-]cccc3)cc2)CC1. The third-order valence-electron chi connectivity index (χ3n) is 6.51. The van der Waals surface area contributed by atoms with Gasteiger partial charge in [0, 0.05) is 38.7 Å². The minimum absolute atomic E-state index is 0. The van der Waals surface area contributed by atoms with Crippen molar-refractivity contribution in [1.29, 1.82) is 0 Å². The molecule has 0 amide bonds. The molecule has 3 heterocycles. The normalized spacial score (nSPS) is 12.9. The largest absolute Gasteiger partial charge is 0.528 e.